The van der Waals surface area contributed by atoms with Crippen LogP contribution in [-0.2, 0) is 6.54 Å². The molecule has 0 radical (unpaired) electrons. The number of nitrogens with zero attached hydrogens (tertiary/aromatic N) is 1. The van der Waals surface area contributed by atoms with Crippen LogP contribution in [0.1, 0.15) is 12.5 Å². The highest BCUT2D eigenvalue weighted by atomic mass is 35.5. The maximum atomic E-state index is 12.0. The number of hydrogen-bond acceptors (Lipinski definition) is 5. The molecule has 2 aromatic rings. The second kappa shape index (κ2) is 6.10. The van der Waals surface area contributed by atoms with E-state index in [1.54, 1.807) is 25.1 Å². The zero-order valence-electron chi connectivity index (χ0n) is 12.1. The first kappa shape index (κ1) is 16.5. The van der Waals surface area contributed by atoms with E-state index < -0.39 is 6.16 Å². The molecular weight excluding hydrogens is 310 g/mol. The molecule has 1 aromatic heterocycles. The van der Waals surface area contributed by atoms with Crippen molar-refractivity contribution in [2.24, 2.45) is 0 Å². The van der Waals surface area contributed by atoms with Gasteiger partial charge in [0.2, 0.25) is 0 Å². The third kappa shape index (κ3) is 3.66. The molecule has 0 bridgehead atoms. The molecule has 3 N–H and O–H groups in total. The van der Waals surface area contributed by atoms with Crippen molar-refractivity contribution in [3.8, 4) is 16.9 Å². The largest absolute Gasteiger partial charge is 0.453 e. The average molecular weight is 326 g/mol. The molecule has 0 saturated heterocycles. The van der Waals surface area contributed by atoms with Crippen molar-refractivity contribution in [3.05, 3.63) is 51.4 Å². The Balaban J connectivity index is 2.70. The lowest BCUT2D eigenvalue weighted by molar-refractivity contribution is -0.419. The van der Waals surface area contributed by atoms with Gasteiger partial charge in [-0.15, -0.1) is 0 Å². The third-order valence-electron chi connectivity index (χ3n) is 3.17. The number of ether oxygens (including phenoxy) is 1. The van der Waals surface area contributed by atoms with Crippen molar-refractivity contribution >= 4 is 11.6 Å². The van der Waals surface area contributed by atoms with E-state index in [4.69, 9.17) is 31.7 Å². The van der Waals surface area contributed by atoms with Gasteiger partial charge in [-0.25, -0.2) is 0 Å². The number of hydrogen-bond donors (Lipinski definition) is 3. The van der Waals surface area contributed by atoms with Crippen molar-refractivity contribution < 1.29 is 20.1 Å². The van der Waals surface area contributed by atoms with E-state index in [9.17, 15) is 4.79 Å². The smallest absolute Gasteiger partial charge is 0.415 e. The van der Waals surface area contributed by atoms with E-state index in [-0.39, 0.29) is 11.3 Å². The molecule has 2 rings (SSSR count). The predicted octanol–water partition coefficient (Wildman–Crippen LogP) is 1.46. The number of aromatic nitrogens is 1. The number of aliphatic hydroxyl groups is 3. The molecule has 0 saturated carbocycles. The molecule has 6 nitrogen and oxygen atoms in total. The molecule has 0 amide bonds. The van der Waals surface area contributed by atoms with Crippen LogP contribution in [0, 0.1) is 6.92 Å². The third-order valence-corrected chi connectivity index (χ3v) is 3.40. The van der Waals surface area contributed by atoms with E-state index in [1.165, 1.54) is 16.8 Å². The van der Waals surface area contributed by atoms with E-state index in [0.29, 0.717) is 22.7 Å². The predicted molar refractivity (Wildman–Crippen MR) is 81.6 cm³/mol. The Morgan fingerprint density at radius 1 is 1.23 bits per heavy atom. The van der Waals surface area contributed by atoms with Gasteiger partial charge in [0.25, 0.3) is 5.56 Å². The summed E-state index contributed by atoms with van der Waals surface area (Å²) >= 11 is 5.98. The van der Waals surface area contributed by atoms with Crippen LogP contribution in [0.25, 0.3) is 11.1 Å². The Bertz CT molecular complexity index is 749. The molecule has 0 unspecified atom stereocenters. The van der Waals surface area contributed by atoms with Crippen LogP contribution in [0.3, 0.4) is 0 Å². The first-order chi connectivity index (χ1) is 10.2. The number of aryl methyl sites for hydroxylation is 2. The van der Waals surface area contributed by atoms with Gasteiger partial charge in [-0.1, -0.05) is 17.7 Å². The van der Waals surface area contributed by atoms with Crippen molar-refractivity contribution in [2.45, 2.75) is 26.6 Å². The summed E-state index contributed by atoms with van der Waals surface area (Å²) in [7, 11) is 0. The van der Waals surface area contributed by atoms with Crippen LogP contribution in [0.5, 0.6) is 5.75 Å². The molecule has 1 aromatic carbocycles. The van der Waals surface area contributed by atoms with Gasteiger partial charge in [-0.2, -0.15) is 0 Å². The van der Waals surface area contributed by atoms with Crippen LogP contribution < -0.4 is 10.3 Å². The fourth-order valence-corrected chi connectivity index (χ4v) is 2.30. The zero-order valence-corrected chi connectivity index (χ0v) is 12.8. The lowest BCUT2D eigenvalue weighted by Crippen LogP contribution is -2.35. The number of benzene rings is 1. The average Bonchev–Trinajstić information content (AvgIpc) is 2.41. The highest BCUT2D eigenvalue weighted by Gasteiger charge is 2.24. The van der Waals surface area contributed by atoms with Gasteiger partial charge in [0.05, 0.1) is 6.20 Å². The summed E-state index contributed by atoms with van der Waals surface area (Å²) in [4.78, 5) is 12.0. The van der Waals surface area contributed by atoms with Gasteiger partial charge in [-0.3, -0.25) is 4.79 Å². The minimum atomic E-state index is -3.35. The minimum Gasteiger partial charge on any atom is -0.415 e. The van der Waals surface area contributed by atoms with Crippen LogP contribution in [-0.4, -0.2) is 26.0 Å². The van der Waals surface area contributed by atoms with Crippen molar-refractivity contribution in [2.75, 3.05) is 0 Å². The van der Waals surface area contributed by atoms with E-state index in [2.05, 4.69) is 0 Å². The van der Waals surface area contributed by atoms with Crippen LogP contribution >= 0.6 is 11.6 Å². The first-order valence-electron chi connectivity index (χ1n) is 6.58. The normalized spacial score (nSPS) is 11.5. The number of halogens is 1. The Kier molecular flexibility index (Phi) is 4.58. The number of pyridine rings is 1. The monoisotopic (exact) mass is 325 g/mol. The van der Waals surface area contributed by atoms with Gasteiger partial charge in [-0.05, 0) is 37.1 Å². The van der Waals surface area contributed by atoms with Gasteiger partial charge < -0.3 is 24.6 Å². The van der Waals surface area contributed by atoms with Crippen molar-refractivity contribution in [1.82, 2.24) is 4.57 Å². The van der Waals surface area contributed by atoms with Crippen molar-refractivity contribution in [1.29, 1.82) is 0 Å². The molecule has 0 spiro atoms. The maximum absolute atomic E-state index is 12.0. The molecule has 0 atom stereocenters. The summed E-state index contributed by atoms with van der Waals surface area (Å²) in [6, 6.07) is 6.38. The molecule has 22 heavy (non-hydrogen) atoms. The minimum absolute atomic E-state index is 0.0562. The fraction of sp³-hybridized carbons (Fsp3) is 0.267. The Hall–Kier alpha value is -1.86. The summed E-state index contributed by atoms with van der Waals surface area (Å²) in [5.41, 5.74) is 1.41. The zero-order chi connectivity index (χ0) is 16.5. The molecule has 7 heteroatoms. The van der Waals surface area contributed by atoms with E-state index in [1.807, 2.05) is 6.92 Å². The van der Waals surface area contributed by atoms with E-state index >= 15 is 0 Å². The molecule has 1 heterocycles. The lowest BCUT2D eigenvalue weighted by atomic mass is 10.0. The SMILES string of the molecule is CCn1cc(OC(O)(O)O)c(-c2cc(Cl)ccc2C)cc1=O. The number of rotatable bonds is 4. The maximum Gasteiger partial charge on any atom is 0.453 e. The molecule has 0 aliphatic heterocycles. The standard InChI is InChI=1S/C15H16ClNO5/c1-3-17-8-13(22-15(19,20)21)12(7-14(17)18)11-6-10(16)5-4-9(11)2/h4-8,19-21H,3H2,1-2H3. The summed E-state index contributed by atoms with van der Waals surface area (Å²) in [6.07, 6.45) is -2.05. The quantitative estimate of drug-likeness (QED) is 0.740. The summed E-state index contributed by atoms with van der Waals surface area (Å²) in [5, 5.41) is 27.7. The van der Waals surface area contributed by atoms with Gasteiger partial charge in [0.15, 0.2) is 5.75 Å². The van der Waals surface area contributed by atoms with Crippen LogP contribution in [0.2, 0.25) is 5.02 Å². The lowest BCUT2D eigenvalue weighted by Gasteiger charge is -2.20. The Labute approximate surface area is 131 Å². The Morgan fingerprint density at radius 3 is 2.50 bits per heavy atom. The molecule has 0 aliphatic rings. The van der Waals surface area contributed by atoms with E-state index in [0.717, 1.165) is 5.56 Å². The van der Waals surface area contributed by atoms with Gasteiger partial charge >= 0.3 is 6.16 Å². The summed E-state index contributed by atoms with van der Waals surface area (Å²) in [6.45, 7) is 3.92. The van der Waals surface area contributed by atoms with Gasteiger partial charge in [0, 0.05) is 23.2 Å². The molecular formula is C15H16ClNO5. The fourth-order valence-electron chi connectivity index (χ4n) is 2.12. The van der Waals surface area contributed by atoms with Crippen LogP contribution in [0.15, 0.2) is 35.3 Å². The summed E-state index contributed by atoms with van der Waals surface area (Å²) in [5.74, 6) is -0.0562. The second-order valence-corrected chi connectivity index (χ2v) is 5.25. The van der Waals surface area contributed by atoms with Crippen molar-refractivity contribution in [3.63, 3.8) is 0 Å². The molecule has 118 valence electrons. The Morgan fingerprint density at radius 2 is 1.91 bits per heavy atom. The topological polar surface area (TPSA) is 91.9 Å². The highest BCUT2D eigenvalue weighted by molar-refractivity contribution is 6.30. The second-order valence-electron chi connectivity index (χ2n) is 4.81. The summed E-state index contributed by atoms with van der Waals surface area (Å²) < 4.78 is 6.05. The highest BCUT2D eigenvalue weighted by Crippen LogP contribution is 2.33. The van der Waals surface area contributed by atoms with Crippen LogP contribution in [0.4, 0.5) is 0 Å². The first-order valence-corrected chi connectivity index (χ1v) is 6.96. The molecule has 0 aliphatic carbocycles. The molecule has 0 fully saturated rings. The van der Waals surface area contributed by atoms with Gasteiger partial charge in [0.1, 0.15) is 0 Å².